The maximum atomic E-state index is 12.8. The van der Waals surface area contributed by atoms with Gasteiger partial charge in [-0.2, -0.15) is 23.4 Å². The molecule has 0 spiro atoms. The van der Waals surface area contributed by atoms with Crippen LogP contribution in [0.3, 0.4) is 0 Å². The summed E-state index contributed by atoms with van der Waals surface area (Å²) in [5, 5.41) is 19.2. The predicted octanol–water partition coefficient (Wildman–Crippen LogP) is 2.48. The number of nitrogens with one attached hydrogen (secondary N) is 1. The average Bonchev–Trinajstić information content (AvgIpc) is 3.23. The molecule has 0 unspecified atom stereocenters. The zero-order chi connectivity index (χ0) is 20.3. The lowest BCUT2D eigenvalue weighted by atomic mass is 10.1. The van der Waals surface area contributed by atoms with Crippen molar-refractivity contribution in [2.24, 2.45) is 0 Å². The van der Waals surface area contributed by atoms with Gasteiger partial charge in [-0.05, 0) is 23.8 Å². The van der Waals surface area contributed by atoms with Gasteiger partial charge in [0.15, 0.2) is 5.82 Å². The van der Waals surface area contributed by atoms with Crippen LogP contribution in [0.4, 0.5) is 19.0 Å². The van der Waals surface area contributed by atoms with Crippen molar-refractivity contribution in [2.75, 3.05) is 5.32 Å². The van der Waals surface area contributed by atoms with Crippen LogP contribution < -0.4 is 5.32 Å². The zero-order valence-electron chi connectivity index (χ0n) is 14.2. The Labute approximate surface area is 156 Å². The molecule has 0 aliphatic heterocycles. The van der Waals surface area contributed by atoms with Gasteiger partial charge in [0.25, 0.3) is 5.91 Å². The van der Waals surface area contributed by atoms with Crippen molar-refractivity contribution in [1.82, 2.24) is 19.6 Å². The predicted molar refractivity (Wildman–Crippen MR) is 90.6 cm³/mol. The molecule has 0 aliphatic rings. The van der Waals surface area contributed by atoms with Crippen LogP contribution in [-0.2, 0) is 24.1 Å². The Balaban J connectivity index is 1.69. The highest BCUT2D eigenvalue weighted by Crippen LogP contribution is 2.29. The molecule has 0 aliphatic carbocycles. The molecule has 1 aromatic carbocycles. The third-order valence-corrected chi connectivity index (χ3v) is 3.72. The van der Waals surface area contributed by atoms with E-state index >= 15 is 0 Å². The molecule has 2 N–H and O–H groups in total. The second-order valence-electron chi connectivity index (χ2n) is 5.82. The summed E-state index contributed by atoms with van der Waals surface area (Å²) in [6, 6.07) is 7.71. The number of carbonyl (C=O) groups is 2. The van der Waals surface area contributed by atoms with Gasteiger partial charge in [-0.3, -0.25) is 14.3 Å². The molecule has 0 atom stereocenters. The molecule has 0 bridgehead atoms. The van der Waals surface area contributed by atoms with E-state index in [1.54, 1.807) is 6.07 Å². The molecule has 0 fully saturated rings. The van der Waals surface area contributed by atoms with Crippen molar-refractivity contribution >= 4 is 17.7 Å². The van der Waals surface area contributed by atoms with Gasteiger partial charge >= 0.3 is 12.1 Å². The van der Waals surface area contributed by atoms with E-state index in [2.05, 4.69) is 15.5 Å². The minimum Gasteiger partial charge on any atom is -0.480 e. The number of anilines is 1. The van der Waals surface area contributed by atoms with Crippen molar-refractivity contribution in [3.05, 3.63) is 65.6 Å². The van der Waals surface area contributed by atoms with Gasteiger partial charge in [-0.25, -0.2) is 4.68 Å². The van der Waals surface area contributed by atoms with E-state index in [1.165, 1.54) is 35.3 Å². The molecule has 146 valence electrons. The highest BCUT2D eigenvalue weighted by Gasteiger charge is 2.30. The van der Waals surface area contributed by atoms with Crippen LogP contribution in [0, 0.1) is 0 Å². The Morgan fingerprint density at radius 3 is 2.68 bits per heavy atom. The van der Waals surface area contributed by atoms with Gasteiger partial charge in [0.05, 0.1) is 12.1 Å². The van der Waals surface area contributed by atoms with Crippen LogP contribution in [0.5, 0.6) is 0 Å². The third-order valence-electron chi connectivity index (χ3n) is 3.72. The molecule has 0 saturated heterocycles. The standard InChI is InChI=1S/C17H14F3N5O3/c18-17(19,20)12-3-1-2-11(8-12)9-24-7-5-14(23-24)22-16(28)13-4-6-21-25(13)10-15(26)27/h1-8H,9-10H2,(H,26,27)(H,22,23,28). The van der Waals surface area contributed by atoms with E-state index in [4.69, 9.17) is 5.11 Å². The van der Waals surface area contributed by atoms with Crippen molar-refractivity contribution in [2.45, 2.75) is 19.3 Å². The summed E-state index contributed by atoms with van der Waals surface area (Å²) in [5.74, 6) is -1.59. The first kappa shape index (κ1) is 19.1. The molecular formula is C17H14F3N5O3. The van der Waals surface area contributed by atoms with Crippen LogP contribution in [0.1, 0.15) is 21.6 Å². The van der Waals surface area contributed by atoms with E-state index in [-0.39, 0.29) is 18.1 Å². The van der Waals surface area contributed by atoms with Gasteiger partial charge in [0, 0.05) is 18.5 Å². The summed E-state index contributed by atoms with van der Waals surface area (Å²) < 4.78 is 40.8. The van der Waals surface area contributed by atoms with E-state index in [9.17, 15) is 22.8 Å². The van der Waals surface area contributed by atoms with Gasteiger partial charge < -0.3 is 10.4 Å². The van der Waals surface area contributed by atoms with E-state index < -0.39 is 30.2 Å². The normalized spacial score (nSPS) is 11.4. The first-order valence-electron chi connectivity index (χ1n) is 7.97. The van der Waals surface area contributed by atoms with Gasteiger partial charge in [-0.1, -0.05) is 12.1 Å². The Hall–Kier alpha value is -3.63. The Bertz CT molecular complexity index is 1010. The molecule has 2 heterocycles. The SMILES string of the molecule is O=C(O)Cn1nccc1C(=O)Nc1ccn(Cc2cccc(C(F)(F)F)c2)n1. The quantitative estimate of drug-likeness (QED) is 0.670. The van der Waals surface area contributed by atoms with E-state index in [0.29, 0.717) is 5.56 Å². The number of rotatable bonds is 6. The molecule has 0 saturated carbocycles. The Kier molecular flexibility index (Phi) is 5.16. The number of amides is 1. The topological polar surface area (TPSA) is 102 Å². The lowest BCUT2D eigenvalue weighted by Gasteiger charge is -2.09. The van der Waals surface area contributed by atoms with E-state index in [1.807, 2.05) is 0 Å². The number of alkyl halides is 3. The van der Waals surface area contributed by atoms with Crippen LogP contribution in [0.15, 0.2) is 48.8 Å². The molecule has 3 aromatic rings. The fourth-order valence-corrected chi connectivity index (χ4v) is 2.51. The number of nitrogens with zero attached hydrogens (tertiary/aromatic N) is 4. The number of aromatic nitrogens is 4. The maximum absolute atomic E-state index is 12.8. The van der Waals surface area contributed by atoms with Crippen molar-refractivity contribution in [3.8, 4) is 0 Å². The molecule has 0 radical (unpaired) electrons. The Morgan fingerprint density at radius 2 is 1.96 bits per heavy atom. The number of carboxylic acid groups (broad SMARTS) is 1. The fourth-order valence-electron chi connectivity index (χ4n) is 2.51. The number of halogens is 3. The number of benzene rings is 1. The van der Waals surface area contributed by atoms with Gasteiger partial charge in [-0.15, -0.1) is 0 Å². The molecular weight excluding hydrogens is 379 g/mol. The fraction of sp³-hybridized carbons (Fsp3) is 0.176. The second-order valence-corrected chi connectivity index (χ2v) is 5.82. The van der Waals surface area contributed by atoms with Crippen LogP contribution >= 0.6 is 0 Å². The molecule has 1 amide bonds. The summed E-state index contributed by atoms with van der Waals surface area (Å²) in [7, 11) is 0. The minimum atomic E-state index is -4.43. The monoisotopic (exact) mass is 393 g/mol. The average molecular weight is 393 g/mol. The molecule has 3 rings (SSSR count). The first-order valence-corrected chi connectivity index (χ1v) is 7.97. The number of carboxylic acids is 1. The zero-order valence-corrected chi connectivity index (χ0v) is 14.2. The molecule has 8 nitrogen and oxygen atoms in total. The Morgan fingerprint density at radius 1 is 1.18 bits per heavy atom. The first-order chi connectivity index (χ1) is 13.2. The lowest BCUT2D eigenvalue weighted by Crippen LogP contribution is -2.21. The van der Waals surface area contributed by atoms with Crippen molar-refractivity contribution in [1.29, 1.82) is 0 Å². The lowest BCUT2D eigenvalue weighted by molar-refractivity contribution is -0.138. The summed E-state index contributed by atoms with van der Waals surface area (Å²) in [6.07, 6.45) is -1.63. The van der Waals surface area contributed by atoms with Crippen LogP contribution in [-0.4, -0.2) is 36.5 Å². The second kappa shape index (κ2) is 7.55. The number of hydrogen-bond donors (Lipinski definition) is 2. The van der Waals surface area contributed by atoms with Crippen molar-refractivity contribution < 1.29 is 27.9 Å². The summed E-state index contributed by atoms with van der Waals surface area (Å²) in [6.45, 7) is -0.392. The highest BCUT2D eigenvalue weighted by molar-refractivity contribution is 6.02. The minimum absolute atomic E-state index is 0.0369. The van der Waals surface area contributed by atoms with Gasteiger partial charge in [0.2, 0.25) is 0 Å². The summed E-state index contributed by atoms with van der Waals surface area (Å²) in [4.78, 5) is 23.0. The molecule has 11 heteroatoms. The molecule has 28 heavy (non-hydrogen) atoms. The summed E-state index contributed by atoms with van der Waals surface area (Å²) >= 11 is 0. The number of hydrogen-bond acceptors (Lipinski definition) is 4. The summed E-state index contributed by atoms with van der Waals surface area (Å²) in [5.41, 5.74) is -0.317. The number of carbonyl (C=O) groups excluding carboxylic acids is 1. The maximum Gasteiger partial charge on any atom is 0.416 e. The van der Waals surface area contributed by atoms with Crippen LogP contribution in [0.2, 0.25) is 0 Å². The van der Waals surface area contributed by atoms with E-state index in [0.717, 1.165) is 16.8 Å². The molecule has 2 aromatic heterocycles. The third kappa shape index (κ3) is 4.55. The van der Waals surface area contributed by atoms with Gasteiger partial charge in [0.1, 0.15) is 12.2 Å². The van der Waals surface area contributed by atoms with Crippen LogP contribution in [0.25, 0.3) is 0 Å². The smallest absolute Gasteiger partial charge is 0.416 e. The number of aliphatic carboxylic acids is 1. The largest absolute Gasteiger partial charge is 0.480 e. The highest BCUT2D eigenvalue weighted by atomic mass is 19.4. The van der Waals surface area contributed by atoms with Crippen molar-refractivity contribution in [3.63, 3.8) is 0 Å².